The molecule has 164 valence electrons. The number of alkyl halides is 3. The van der Waals surface area contributed by atoms with Gasteiger partial charge in [0.05, 0.1) is 11.5 Å². The second kappa shape index (κ2) is 8.47. The highest BCUT2D eigenvalue weighted by Gasteiger charge is 2.40. The molecule has 0 N–H and O–H groups in total. The van der Waals surface area contributed by atoms with Crippen LogP contribution in [-0.4, -0.2) is 60.4 Å². The number of piperazine rings is 1. The first kappa shape index (κ1) is 21.0. The molecule has 3 fully saturated rings. The van der Waals surface area contributed by atoms with E-state index in [1.54, 1.807) is 11.0 Å². The molecular formula is C22H28F3N3O2. The lowest BCUT2D eigenvalue weighted by molar-refractivity contribution is -0.137. The molecule has 4 rings (SSSR count). The van der Waals surface area contributed by atoms with Crippen molar-refractivity contribution in [2.75, 3.05) is 37.6 Å². The quantitative estimate of drug-likeness (QED) is 0.747. The molecule has 1 aromatic carbocycles. The van der Waals surface area contributed by atoms with E-state index < -0.39 is 11.7 Å². The van der Waals surface area contributed by atoms with Gasteiger partial charge >= 0.3 is 6.18 Å². The Kier molecular flexibility index (Phi) is 5.93. The van der Waals surface area contributed by atoms with E-state index in [4.69, 9.17) is 0 Å². The fourth-order valence-electron chi connectivity index (χ4n) is 4.96. The van der Waals surface area contributed by atoms with Gasteiger partial charge in [0.2, 0.25) is 11.8 Å². The van der Waals surface area contributed by atoms with Gasteiger partial charge in [0.15, 0.2) is 0 Å². The van der Waals surface area contributed by atoms with Crippen LogP contribution >= 0.6 is 0 Å². The summed E-state index contributed by atoms with van der Waals surface area (Å²) in [5.74, 6) is -0.201. The fourth-order valence-corrected chi connectivity index (χ4v) is 4.96. The molecule has 2 saturated heterocycles. The van der Waals surface area contributed by atoms with Crippen molar-refractivity contribution in [2.24, 2.45) is 5.92 Å². The van der Waals surface area contributed by atoms with Crippen LogP contribution in [0.5, 0.6) is 0 Å². The van der Waals surface area contributed by atoms with Crippen LogP contribution < -0.4 is 4.90 Å². The van der Waals surface area contributed by atoms with Gasteiger partial charge in [-0.2, -0.15) is 13.2 Å². The van der Waals surface area contributed by atoms with E-state index in [0.29, 0.717) is 38.4 Å². The summed E-state index contributed by atoms with van der Waals surface area (Å²) in [5.41, 5.74) is -0.137. The zero-order valence-corrected chi connectivity index (χ0v) is 17.0. The number of benzene rings is 1. The van der Waals surface area contributed by atoms with Gasteiger partial charge in [-0.1, -0.05) is 25.3 Å². The number of nitrogens with zero attached hydrogens (tertiary/aromatic N) is 3. The Morgan fingerprint density at radius 2 is 1.70 bits per heavy atom. The van der Waals surface area contributed by atoms with Crippen LogP contribution in [0.15, 0.2) is 24.3 Å². The molecule has 0 aromatic heterocycles. The minimum Gasteiger partial charge on any atom is -0.368 e. The highest BCUT2D eigenvalue weighted by atomic mass is 19.4. The lowest BCUT2D eigenvalue weighted by atomic mass is 9.94. The Hall–Kier alpha value is -2.25. The Morgan fingerprint density at radius 1 is 1.00 bits per heavy atom. The van der Waals surface area contributed by atoms with Crippen molar-refractivity contribution in [1.29, 1.82) is 0 Å². The van der Waals surface area contributed by atoms with Crippen molar-refractivity contribution in [1.82, 2.24) is 9.80 Å². The van der Waals surface area contributed by atoms with Gasteiger partial charge in [-0.05, 0) is 31.0 Å². The third kappa shape index (κ3) is 4.42. The Balaban J connectivity index is 1.33. The number of likely N-dealkylation sites (tertiary alicyclic amines) is 1. The summed E-state index contributed by atoms with van der Waals surface area (Å²) < 4.78 is 38.9. The molecule has 0 unspecified atom stereocenters. The molecule has 3 aliphatic rings. The maximum absolute atomic E-state index is 13.0. The van der Waals surface area contributed by atoms with Crippen LogP contribution in [0, 0.1) is 5.92 Å². The molecule has 1 atom stereocenters. The van der Waals surface area contributed by atoms with Gasteiger partial charge in [-0.25, -0.2) is 0 Å². The molecular weight excluding hydrogens is 395 g/mol. The molecule has 0 radical (unpaired) electrons. The van der Waals surface area contributed by atoms with Crippen molar-refractivity contribution in [3.63, 3.8) is 0 Å². The van der Waals surface area contributed by atoms with Gasteiger partial charge in [-0.15, -0.1) is 0 Å². The molecule has 5 nitrogen and oxygen atoms in total. The summed E-state index contributed by atoms with van der Waals surface area (Å²) in [6.07, 6.45) is 1.48. The van der Waals surface area contributed by atoms with Gasteiger partial charge < -0.3 is 14.7 Å². The van der Waals surface area contributed by atoms with Crippen molar-refractivity contribution >= 4 is 17.5 Å². The highest BCUT2D eigenvalue weighted by molar-refractivity contribution is 5.89. The predicted molar refractivity (Wildman–Crippen MR) is 107 cm³/mol. The molecule has 1 aliphatic carbocycles. The fraction of sp³-hybridized carbons (Fsp3) is 0.636. The van der Waals surface area contributed by atoms with Crippen molar-refractivity contribution in [2.45, 2.75) is 50.7 Å². The lowest BCUT2D eigenvalue weighted by Crippen LogP contribution is -2.51. The first-order valence-corrected chi connectivity index (χ1v) is 10.8. The van der Waals surface area contributed by atoms with Crippen LogP contribution in [0.2, 0.25) is 0 Å². The summed E-state index contributed by atoms with van der Waals surface area (Å²) in [6.45, 7) is 2.41. The number of carbonyl (C=O) groups is 2. The van der Waals surface area contributed by atoms with E-state index in [0.717, 1.165) is 37.8 Å². The van der Waals surface area contributed by atoms with Crippen LogP contribution in [0.1, 0.15) is 44.1 Å². The highest BCUT2D eigenvalue weighted by Crippen LogP contribution is 2.32. The van der Waals surface area contributed by atoms with Gasteiger partial charge in [-0.3, -0.25) is 9.59 Å². The normalized spacial score (nSPS) is 23.9. The Morgan fingerprint density at radius 3 is 2.37 bits per heavy atom. The zero-order chi connectivity index (χ0) is 21.3. The number of rotatable bonds is 3. The van der Waals surface area contributed by atoms with E-state index in [1.807, 2.05) is 9.80 Å². The summed E-state index contributed by atoms with van der Waals surface area (Å²) in [7, 11) is 0. The smallest absolute Gasteiger partial charge is 0.368 e. The molecule has 0 bridgehead atoms. The molecule has 2 heterocycles. The average molecular weight is 423 g/mol. The zero-order valence-electron chi connectivity index (χ0n) is 17.0. The van der Waals surface area contributed by atoms with Gasteiger partial charge in [0.1, 0.15) is 0 Å². The molecule has 2 aliphatic heterocycles. The number of amides is 2. The summed E-state index contributed by atoms with van der Waals surface area (Å²) >= 11 is 0. The summed E-state index contributed by atoms with van der Waals surface area (Å²) in [4.78, 5) is 31.0. The van der Waals surface area contributed by atoms with E-state index >= 15 is 0 Å². The predicted octanol–water partition coefficient (Wildman–Crippen LogP) is 3.54. The summed E-state index contributed by atoms with van der Waals surface area (Å²) in [5, 5.41) is 0. The summed E-state index contributed by atoms with van der Waals surface area (Å²) in [6, 6.07) is 5.60. The number of anilines is 1. The minimum atomic E-state index is -4.37. The SMILES string of the molecule is O=C([C@@H]1CC(=O)N(C2CCCCC2)C1)N1CCN(c2cccc(C(F)(F)F)c2)CC1. The second-order valence-electron chi connectivity index (χ2n) is 8.60. The second-order valence-corrected chi connectivity index (χ2v) is 8.60. The molecule has 1 aromatic rings. The first-order valence-electron chi connectivity index (χ1n) is 10.8. The molecule has 2 amide bonds. The minimum absolute atomic E-state index is 0.00496. The van der Waals surface area contributed by atoms with E-state index in [9.17, 15) is 22.8 Å². The third-order valence-corrected chi connectivity index (χ3v) is 6.65. The monoisotopic (exact) mass is 423 g/mol. The Bertz CT molecular complexity index is 784. The van der Waals surface area contributed by atoms with Crippen LogP contribution in [0.4, 0.5) is 18.9 Å². The maximum Gasteiger partial charge on any atom is 0.416 e. The molecule has 8 heteroatoms. The van der Waals surface area contributed by atoms with Crippen LogP contribution in [-0.2, 0) is 15.8 Å². The molecule has 1 saturated carbocycles. The number of hydrogen-bond acceptors (Lipinski definition) is 3. The standard InChI is InChI=1S/C22H28F3N3O2/c23-22(24,25)17-5-4-8-19(14-17)26-9-11-27(12-10-26)21(30)16-13-20(29)28(15-16)18-6-2-1-3-7-18/h4-5,8,14,16,18H,1-3,6-7,9-13,15H2/t16-/m1/s1. The van der Waals surface area contributed by atoms with Gasteiger partial charge in [0, 0.05) is 50.9 Å². The third-order valence-electron chi connectivity index (χ3n) is 6.65. The van der Waals surface area contributed by atoms with Crippen molar-refractivity contribution in [3.8, 4) is 0 Å². The molecule has 0 spiro atoms. The largest absolute Gasteiger partial charge is 0.416 e. The first-order chi connectivity index (χ1) is 14.3. The van der Waals surface area contributed by atoms with E-state index in [2.05, 4.69) is 0 Å². The number of hydrogen-bond donors (Lipinski definition) is 0. The van der Waals surface area contributed by atoms with Crippen LogP contribution in [0.3, 0.4) is 0 Å². The maximum atomic E-state index is 13.0. The molecule has 30 heavy (non-hydrogen) atoms. The van der Waals surface area contributed by atoms with Crippen molar-refractivity contribution < 1.29 is 22.8 Å². The van der Waals surface area contributed by atoms with E-state index in [-0.39, 0.29) is 30.2 Å². The van der Waals surface area contributed by atoms with E-state index in [1.165, 1.54) is 12.5 Å². The van der Waals surface area contributed by atoms with Gasteiger partial charge in [0.25, 0.3) is 0 Å². The number of halogens is 3. The topological polar surface area (TPSA) is 43.9 Å². The van der Waals surface area contributed by atoms with Crippen molar-refractivity contribution in [3.05, 3.63) is 29.8 Å². The Labute approximate surface area is 174 Å². The number of carbonyl (C=O) groups excluding carboxylic acids is 2. The lowest BCUT2D eigenvalue weighted by Gasteiger charge is -2.37. The average Bonchev–Trinajstić information content (AvgIpc) is 3.15. The van der Waals surface area contributed by atoms with Crippen LogP contribution in [0.25, 0.3) is 0 Å².